The molecule has 0 aliphatic heterocycles. The summed E-state index contributed by atoms with van der Waals surface area (Å²) in [5.74, 6) is 0.224. The smallest absolute Gasteiger partial charge is 0.246 e. The summed E-state index contributed by atoms with van der Waals surface area (Å²) in [6.07, 6.45) is 2.86. The Bertz CT molecular complexity index is 884. The quantitative estimate of drug-likeness (QED) is 0.509. The topological polar surface area (TPSA) is 111 Å². The lowest BCUT2D eigenvalue weighted by atomic mass is 10.2. The molecule has 0 radical (unpaired) electrons. The van der Waals surface area contributed by atoms with Crippen LogP contribution in [-0.4, -0.2) is 57.8 Å². The van der Waals surface area contributed by atoms with Crippen molar-refractivity contribution in [3.05, 3.63) is 18.2 Å². The van der Waals surface area contributed by atoms with Gasteiger partial charge in [0, 0.05) is 6.07 Å². The van der Waals surface area contributed by atoms with Gasteiger partial charge in [0.05, 0.1) is 26.2 Å². The predicted octanol–water partition coefficient (Wildman–Crippen LogP) is 1.68. The van der Waals surface area contributed by atoms with Crippen molar-refractivity contribution in [3.8, 4) is 11.5 Å². The molecule has 0 aliphatic rings. The number of nitrogens with one attached hydrogen (secondary N) is 1. The van der Waals surface area contributed by atoms with Crippen LogP contribution in [0.4, 0.5) is 10.8 Å². The zero-order chi connectivity index (χ0) is 19.3. The van der Waals surface area contributed by atoms with E-state index in [1.807, 2.05) is 6.26 Å². The van der Waals surface area contributed by atoms with Crippen LogP contribution >= 0.6 is 23.1 Å². The number of hydrogen-bond acceptors (Lipinski definition) is 9. The van der Waals surface area contributed by atoms with Crippen molar-refractivity contribution in [1.82, 2.24) is 10.2 Å². The summed E-state index contributed by atoms with van der Waals surface area (Å²) in [7, 11) is -0.848. The first-order valence-corrected chi connectivity index (χ1v) is 11.0. The van der Waals surface area contributed by atoms with Crippen molar-refractivity contribution >= 4 is 49.8 Å². The molecule has 0 spiro atoms. The number of nitrogens with zero attached hydrogens (tertiary/aromatic N) is 3. The predicted molar refractivity (Wildman–Crippen MR) is 102 cm³/mol. The Morgan fingerprint density at radius 1 is 1.31 bits per heavy atom. The summed E-state index contributed by atoms with van der Waals surface area (Å²) in [5, 5.41) is 10.6. The Balaban J connectivity index is 2.27. The molecule has 1 heterocycles. The van der Waals surface area contributed by atoms with Gasteiger partial charge in [-0.3, -0.25) is 14.4 Å². The van der Waals surface area contributed by atoms with Crippen LogP contribution in [0, 0.1) is 0 Å². The molecule has 0 saturated carbocycles. The molecule has 0 atom stereocenters. The van der Waals surface area contributed by atoms with Crippen molar-refractivity contribution in [3.63, 3.8) is 0 Å². The number of carbonyl (C=O) groups excluding carboxylic acids is 1. The van der Waals surface area contributed by atoms with E-state index < -0.39 is 22.5 Å². The average Bonchev–Trinajstić information content (AvgIpc) is 3.05. The third-order valence-electron chi connectivity index (χ3n) is 3.17. The van der Waals surface area contributed by atoms with Crippen LogP contribution in [-0.2, 0) is 14.8 Å². The Kier molecular flexibility index (Phi) is 6.67. The second-order valence-electron chi connectivity index (χ2n) is 4.93. The number of anilines is 2. The van der Waals surface area contributed by atoms with Gasteiger partial charge < -0.3 is 9.47 Å². The van der Waals surface area contributed by atoms with Gasteiger partial charge in [0.2, 0.25) is 21.1 Å². The van der Waals surface area contributed by atoms with Crippen LogP contribution in [0.3, 0.4) is 0 Å². The number of amides is 1. The number of aromatic nitrogens is 2. The first-order valence-electron chi connectivity index (χ1n) is 7.15. The fraction of sp³-hybridized carbons (Fsp3) is 0.357. The first kappa shape index (κ1) is 20.3. The van der Waals surface area contributed by atoms with Crippen molar-refractivity contribution < 1.29 is 22.7 Å². The molecule has 12 heteroatoms. The molecule has 2 rings (SSSR count). The Labute approximate surface area is 159 Å². The summed E-state index contributed by atoms with van der Waals surface area (Å²) >= 11 is 2.60. The monoisotopic (exact) mass is 418 g/mol. The average molecular weight is 419 g/mol. The third-order valence-corrected chi connectivity index (χ3v) is 6.11. The van der Waals surface area contributed by atoms with Gasteiger partial charge in [-0.05, 0) is 18.4 Å². The van der Waals surface area contributed by atoms with E-state index >= 15 is 0 Å². The van der Waals surface area contributed by atoms with E-state index in [1.54, 1.807) is 12.1 Å². The highest BCUT2D eigenvalue weighted by Gasteiger charge is 2.25. The lowest BCUT2D eigenvalue weighted by Crippen LogP contribution is -2.37. The van der Waals surface area contributed by atoms with Gasteiger partial charge in [0.25, 0.3) is 0 Å². The lowest BCUT2D eigenvalue weighted by Gasteiger charge is -2.23. The Morgan fingerprint density at radius 3 is 2.58 bits per heavy atom. The number of thioether (sulfide) groups is 1. The molecule has 0 aliphatic carbocycles. The standard InChI is InChI=1S/C14H18N4O5S3/c1-22-9-5-6-10(11(7-9)23-2)18(26(4,20)21)8-12(19)15-13-16-17-14(24-3)25-13/h5-7H,8H2,1-4H3,(H,15,16,19). The summed E-state index contributed by atoms with van der Waals surface area (Å²) < 4.78 is 36.4. The maximum atomic E-state index is 12.3. The fourth-order valence-electron chi connectivity index (χ4n) is 2.00. The fourth-order valence-corrected chi connectivity index (χ4v) is 4.05. The Morgan fingerprint density at radius 2 is 2.04 bits per heavy atom. The highest BCUT2D eigenvalue weighted by molar-refractivity contribution is 8.00. The molecule has 0 saturated heterocycles. The van der Waals surface area contributed by atoms with Crippen molar-refractivity contribution in [2.45, 2.75) is 4.34 Å². The van der Waals surface area contributed by atoms with Crippen LogP contribution in [0.1, 0.15) is 0 Å². The molecule has 2 aromatic rings. The Hall–Kier alpha value is -2.05. The van der Waals surface area contributed by atoms with Gasteiger partial charge in [-0.25, -0.2) is 8.42 Å². The van der Waals surface area contributed by atoms with E-state index in [0.29, 0.717) is 15.2 Å². The number of carbonyl (C=O) groups is 1. The molecule has 1 amide bonds. The normalized spacial score (nSPS) is 11.1. The molecule has 142 valence electrons. The first-order chi connectivity index (χ1) is 12.3. The van der Waals surface area contributed by atoms with Gasteiger partial charge in [0.1, 0.15) is 18.0 Å². The summed E-state index contributed by atoms with van der Waals surface area (Å²) in [6, 6.07) is 4.65. The molecule has 1 aromatic heterocycles. The van der Waals surface area contributed by atoms with E-state index in [0.717, 1.165) is 10.6 Å². The van der Waals surface area contributed by atoms with Crippen LogP contribution < -0.4 is 19.1 Å². The SMILES string of the molecule is COc1ccc(N(CC(=O)Nc2nnc(SC)s2)S(C)(=O)=O)c(OC)c1. The van der Waals surface area contributed by atoms with Crippen LogP contribution in [0.25, 0.3) is 0 Å². The molecule has 1 N–H and O–H groups in total. The minimum absolute atomic E-state index is 0.230. The van der Waals surface area contributed by atoms with Crippen molar-refractivity contribution in [2.24, 2.45) is 0 Å². The zero-order valence-electron chi connectivity index (χ0n) is 14.5. The van der Waals surface area contributed by atoms with Crippen molar-refractivity contribution in [2.75, 3.05) is 42.9 Å². The maximum Gasteiger partial charge on any atom is 0.246 e. The van der Waals surface area contributed by atoms with Gasteiger partial charge in [-0.1, -0.05) is 23.1 Å². The van der Waals surface area contributed by atoms with E-state index in [2.05, 4.69) is 15.5 Å². The van der Waals surface area contributed by atoms with E-state index in [1.165, 1.54) is 43.4 Å². The van der Waals surface area contributed by atoms with E-state index in [-0.39, 0.29) is 11.4 Å². The summed E-state index contributed by atoms with van der Waals surface area (Å²) in [6.45, 7) is -0.435. The highest BCUT2D eigenvalue weighted by Crippen LogP contribution is 2.33. The van der Waals surface area contributed by atoms with Crippen LogP contribution in [0.2, 0.25) is 0 Å². The summed E-state index contributed by atoms with van der Waals surface area (Å²) in [5.41, 5.74) is 0.230. The van der Waals surface area contributed by atoms with E-state index in [9.17, 15) is 13.2 Å². The maximum absolute atomic E-state index is 12.3. The number of methoxy groups -OCH3 is 2. The largest absolute Gasteiger partial charge is 0.497 e. The molecule has 1 aromatic carbocycles. The molecule has 0 unspecified atom stereocenters. The highest BCUT2D eigenvalue weighted by atomic mass is 32.2. The number of sulfonamides is 1. The lowest BCUT2D eigenvalue weighted by molar-refractivity contribution is -0.114. The third kappa shape index (κ3) is 4.99. The molecular weight excluding hydrogens is 400 g/mol. The molecule has 0 fully saturated rings. The second-order valence-corrected chi connectivity index (χ2v) is 8.87. The van der Waals surface area contributed by atoms with Crippen LogP contribution in [0.15, 0.2) is 22.5 Å². The summed E-state index contributed by atoms with van der Waals surface area (Å²) in [4.78, 5) is 12.3. The minimum Gasteiger partial charge on any atom is -0.497 e. The molecule has 26 heavy (non-hydrogen) atoms. The van der Waals surface area contributed by atoms with Crippen LogP contribution in [0.5, 0.6) is 11.5 Å². The van der Waals surface area contributed by atoms with Gasteiger partial charge in [0.15, 0.2) is 4.34 Å². The number of rotatable bonds is 8. The molecule has 9 nitrogen and oxygen atoms in total. The van der Waals surface area contributed by atoms with Gasteiger partial charge >= 0.3 is 0 Å². The zero-order valence-corrected chi connectivity index (χ0v) is 17.0. The number of hydrogen-bond donors (Lipinski definition) is 1. The van der Waals surface area contributed by atoms with Gasteiger partial charge in [-0.15, -0.1) is 10.2 Å². The van der Waals surface area contributed by atoms with Crippen molar-refractivity contribution in [1.29, 1.82) is 0 Å². The number of ether oxygens (including phenoxy) is 2. The number of benzene rings is 1. The molecule has 0 bridgehead atoms. The minimum atomic E-state index is -3.74. The second kappa shape index (κ2) is 8.56. The van der Waals surface area contributed by atoms with E-state index in [4.69, 9.17) is 9.47 Å². The van der Waals surface area contributed by atoms with Gasteiger partial charge in [-0.2, -0.15) is 0 Å². The molecular formula is C14H18N4O5S3.